The second-order valence-electron chi connectivity index (χ2n) is 4.15. The van der Waals surface area contributed by atoms with Gasteiger partial charge in [0, 0.05) is 13.0 Å². The lowest BCUT2D eigenvalue weighted by Gasteiger charge is -2.21. The summed E-state index contributed by atoms with van der Waals surface area (Å²) in [6.45, 7) is 2.74. The number of aromatic nitrogens is 1. The van der Waals surface area contributed by atoms with Gasteiger partial charge in [-0.3, -0.25) is 0 Å². The van der Waals surface area contributed by atoms with Gasteiger partial charge in [0.05, 0.1) is 18.3 Å². The van der Waals surface area contributed by atoms with Gasteiger partial charge < -0.3 is 14.9 Å². The Morgan fingerprint density at radius 1 is 1.60 bits per heavy atom. The lowest BCUT2D eigenvalue weighted by molar-refractivity contribution is 0.0138. The first-order valence-electron chi connectivity index (χ1n) is 5.57. The maximum atomic E-state index is 5.67. The van der Waals surface area contributed by atoms with Crippen LogP contribution in [0.5, 0.6) is 0 Å². The summed E-state index contributed by atoms with van der Waals surface area (Å²) in [5.41, 5.74) is 5.67. The van der Waals surface area contributed by atoms with Crippen molar-refractivity contribution in [3.05, 3.63) is 17.8 Å². The third-order valence-corrected chi connectivity index (χ3v) is 2.66. The van der Waals surface area contributed by atoms with Crippen molar-refractivity contribution in [1.82, 2.24) is 4.98 Å². The van der Waals surface area contributed by atoms with Crippen LogP contribution < -0.4 is 5.73 Å². The predicted octanol–water partition coefficient (Wildman–Crippen LogP) is 1.81. The molecule has 1 aliphatic heterocycles. The van der Waals surface area contributed by atoms with Crippen LogP contribution in [0.2, 0.25) is 0 Å². The van der Waals surface area contributed by atoms with Crippen LogP contribution >= 0.6 is 0 Å². The molecule has 1 saturated heterocycles. The Morgan fingerprint density at radius 3 is 3.07 bits per heavy atom. The van der Waals surface area contributed by atoms with Crippen molar-refractivity contribution in [3.8, 4) is 0 Å². The fraction of sp³-hybridized carbons (Fsp3) is 0.727. The molecule has 1 aliphatic rings. The number of hydrogen-bond donors (Lipinski definition) is 1. The van der Waals surface area contributed by atoms with Gasteiger partial charge in [0.2, 0.25) is 5.89 Å². The molecule has 0 aromatic carbocycles. The smallest absolute Gasteiger partial charge is 0.210 e. The topological polar surface area (TPSA) is 61.3 Å². The molecule has 1 aromatic heterocycles. The SMILES string of the molecule is CC(N)c1ncc(CC2CCCCO2)o1. The summed E-state index contributed by atoms with van der Waals surface area (Å²) in [5.74, 6) is 1.50. The summed E-state index contributed by atoms with van der Waals surface area (Å²) in [6, 6.07) is -0.133. The van der Waals surface area contributed by atoms with Crippen molar-refractivity contribution in [2.75, 3.05) is 6.61 Å². The zero-order chi connectivity index (χ0) is 10.7. The van der Waals surface area contributed by atoms with E-state index in [9.17, 15) is 0 Å². The van der Waals surface area contributed by atoms with Gasteiger partial charge in [0.25, 0.3) is 0 Å². The number of nitrogens with zero attached hydrogens (tertiary/aromatic N) is 1. The first-order valence-corrected chi connectivity index (χ1v) is 5.57. The first-order chi connectivity index (χ1) is 7.25. The van der Waals surface area contributed by atoms with E-state index < -0.39 is 0 Å². The maximum Gasteiger partial charge on any atom is 0.210 e. The van der Waals surface area contributed by atoms with E-state index >= 15 is 0 Å². The van der Waals surface area contributed by atoms with Crippen molar-refractivity contribution >= 4 is 0 Å². The molecular formula is C11H18N2O2. The summed E-state index contributed by atoms with van der Waals surface area (Å²) in [4.78, 5) is 4.13. The summed E-state index contributed by atoms with van der Waals surface area (Å²) in [5, 5.41) is 0. The second kappa shape index (κ2) is 4.77. The summed E-state index contributed by atoms with van der Waals surface area (Å²) >= 11 is 0. The van der Waals surface area contributed by atoms with Crippen LogP contribution in [0.4, 0.5) is 0 Å². The van der Waals surface area contributed by atoms with Crippen LogP contribution in [-0.4, -0.2) is 17.7 Å². The second-order valence-corrected chi connectivity index (χ2v) is 4.15. The van der Waals surface area contributed by atoms with Gasteiger partial charge in [-0.2, -0.15) is 0 Å². The van der Waals surface area contributed by atoms with E-state index in [1.54, 1.807) is 6.20 Å². The highest BCUT2D eigenvalue weighted by molar-refractivity contribution is 4.98. The zero-order valence-corrected chi connectivity index (χ0v) is 9.11. The molecular weight excluding hydrogens is 192 g/mol. The Kier molecular flexibility index (Phi) is 3.38. The molecule has 15 heavy (non-hydrogen) atoms. The Bertz CT molecular complexity index is 303. The predicted molar refractivity (Wildman–Crippen MR) is 56.4 cm³/mol. The first kappa shape index (κ1) is 10.6. The molecule has 0 bridgehead atoms. The largest absolute Gasteiger partial charge is 0.444 e. The molecule has 4 heteroatoms. The van der Waals surface area contributed by atoms with E-state index in [0.717, 1.165) is 25.2 Å². The van der Waals surface area contributed by atoms with Gasteiger partial charge in [-0.05, 0) is 26.2 Å². The quantitative estimate of drug-likeness (QED) is 0.826. The number of rotatable bonds is 3. The zero-order valence-electron chi connectivity index (χ0n) is 9.11. The summed E-state index contributed by atoms with van der Waals surface area (Å²) < 4.78 is 11.2. The number of hydrogen-bond acceptors (Lipinski definition) is 4. The Morgan fingerprint density at radius 2 is 2.47 bits per heavy atom. The molecule has 0 spiro atoms. The van der Waals surface area contributed by atoms with E-state index in [-0.39, 0.29) is 6.04 Å². The van der Waals surface area contributed by atoms with Gasteiger partial charge in [-0.15, -0.1) is 0 Å². The molecule has 0 saturated carbocycles. The average Bonchev–Trinajstić information content (AvgIpc) is 2.68. The van der Waals surface area contributed by atoms with Crippen molar-refractivity contribution in [2.45, 2.75) is 44.8 Å². The van der Waals surface area contributed by atoms with Gasteiger partial charge in [0.1, 0.15) is 5.76 Å². The lowest BCUT2D eigenvalue weighted by atomic mass is 10.1. The number of ether oxygens (including phenoxy) is 1. The molecule has 0 radical (unpaired) electrons. The molecule has 2 N–H and O–H groups in total. The van der Waals surface area contributed by atoms with Crippen LogP contribution in [0.1, 0.15) is 43.9 Å². The van der Waals surface area contributed by atoms with Gasteiger partial charge in [-0.25, -0.2) is 4.98 Å². The lowest BCUT2D eigenvalue weighted by Crippen LogP contribution is -2.21. The Balaban J connectivity index is 1.91. The van der Waals surface area contributed by atoms with Crippen molar-refractivity contribution in [2.24, 2.45) is 5.73 Å². The van der Waals surface area contributed by atoms with Crippen LogP contribution in [-0.2, 0) is 11.2 Å². The number of nitrogens with two attached hydrogens (primary N) is 1. The normalized spacial score (nSPS) is 24.0. The van der Waals surface area contributed by atoms with E-state index in [1.165, 1.54) is 12.8 Å². The highest BCUT2D eigenvalue weighted by Gasteiger charge is 2.17. The summed E-state index contributed by atoms with van der Waals surface area (Å²) in [7, 11) is 0. The van der Waals surface area contributed by atoms with Gasteiger partial charge >= 0.3 is 0 Å². The highest BCUT2D eigenvalue weighted by Crippen LogP contribution is 2.18. The van der Waals surface area contributed by atoms with E-state index in [0.29, 0.717) is 12.0 Å². The van der Waals surface area contributed by atoms with Crippen molar-refractivity contribution in [1.29, 1.82) is 0 Å². The van der Waals surface area contributed by atoms with Crippen LogP contribution in [0.25, 0.3) is 0 Å². The highest BCUT2D eigenvalue weighted by atomic mass is 16.5. The van der Waals surface area contributed by atoms with Crippen LogP contribution in [0, 0.1) is 0 Å². The molecule has 0 amide bonds. The number of oxazole rings is 1. The fourth-order valence-electron chi connectivity index (χ4n) is 1.82. The van der Waals surface area contributed by atoms with E-state index in [1.807, 2.05) is 6.92 Å². The molecule has 1 fully saturated rings. The van der Waals surface area contributed by atoms with Crippen LogP contribution in [0.3, 0.4) is 0 Å². The maximum absolute atomic E-state index is 5.67. The molecule has 0 aliphatic carbocycles. The van der Waals surface area contributed by atoms with Crippen molar-refractivity contribution < 1.29 is 9.15 Å². The molecule has 4 nitrogen and oxygen atoms in total. The monoisotopic (exact) mass is 210 g/mol. The Hall–Kier alpha value is -0.870. The third-order valence-electron chi connectivity index (χ3n) is 2.66. The minimum absolute atomic E-state index is 0.133. The molecule has 2 rings (SSSR count). The summed E-state index contributed by atoms with van der Waals surface area (Å²) in [6.07, 6.45) is 6.43. The van der Waals surface area contributed by atoms with Gasteiger partial charge in [0.15, 0.2) is 0 Å². The van der Waals surface area contributed by atoms with Gasteiger partial charge in [-0.1, -0.05) is 0 Å². The Labute approximate surface area is 89.8 Å². The molecule has 84 valence electrons. The van der Waals surface area contributed by atoms with E-state index in [4.69, 9.17) is 14.9 Å². The molecule has 2 heterocycles. The van der Waals surface area contributed by atoms with E-state index in [2.05, 4.69) is 4.98 Å². The third kappa shape index (κ3) is 2.79. The molecule has 2 unspecified atom stereocenters. The molecule has 1 aromatic rings. The minimum Gasteiger partial charge on any atom is -0.444 e. The van der Waals surface area contributed by atoms with Crippen molar-refractivity contribution in [3.63, 3.8) is 0 Å². The minimum atomic E-state index is -0.133. The standard InChI is InChI=1S/C11H18N2O2/c1-8(12)11-13-7-10(15-11)6-9-4-2-3-5-14-9/h7-9H,2-6,12H2,1H3. The van der Waals surface area contributed by atoms with Crippen LogP contribution in [0.15, 0.2) is 10.6 Å². The molecule has 2 atom stereocenters. The fourth-order valence-corrected chi connectivity index (χ4v) is 1.82. The average molecular weight is 210 g/mol.